The van der Waals surface area contributed by atoms with Crippen LogP contribution in [-0.4, -0.2) is 0 Å². The van der Waals surface area contributed by atoms with E-state index in [-0.39, 0.29) is 0 Å². The zero-order chi connectivity index (χ0) is 14.1. The fourth-order valence-corrected chi connectivity index (χ4v) is 6.19. The van der Waals surface area contributed by atoms with Crippen LogP contribution in [0.25, 0.3) is 0 Å². The van der Waals surface area contributed by atoms with Crippen LogP contribution in [0.4, 0.5) is 0 Å². The highest BCUT2D eigenvalue weighted by Crippen LogP contribution is 2.50. The van der Waals surface area contributed by atoms with Crippen molar-refractivity contribution >= 4 is 0 Å². The number of rotatable bonds is 4. The summed E-state index contributed by atoms with van der Waals surface area (Å²) in [6, 6.07) is 0. The zero-order valence-corrected chi connectivity index (χ0v) is 14.1. The van der Waals surface area contributed by atoms with Crippen molar-refractivity contribution in [1.29, 1.82) is 0 Å². The van der Waals surface area contributed by atoms with Crippen LogP contribution < -0.4 is 0 Å². The lowest BCUT2D eigenvalue weighted by molar-refractivity contribution is 0.0389. The quantitative estimate of drug-likeness (QED) is 0.565. The van der Waals surface area contributed by atoms with Crippen molar-refractivity contribution in [2.45, 2.75) is 85.0 Å². The maximum Gasteiger partial charge on any atom is -0.0360 e. The number of hydrogen-bond acceptors (Lipinski definition) is 0. The Kier molecular flexibility index (Phi) is 4.78. The number of fused-ring (bicyclic) bond motifs is 1. The highest BCUT2D eigenvalue weighted by molar-refractivity contribution is 4.90. The molecule has 3 aliphatic rings. The summed E-state index contributed by atoms with van der Waals surface area (Å²) in [7, 11) is 0. The van der Waals surface area contributed by atoms with Crippen LogP contribution in [0.2, 0.25) is 0 Å². The SMILES string of the molecule is CCC1CCC(CC2CCC3CCC3C2)C(C)C1CC. The Hall–Kier alpha value is 0. The Morgan fingerprint density at radius 2 is 1.45 bits per heavy atom. The van der Waals surface area contributed by atoms with E-state index in [0.717, 1.165) is 41.4 Å². The Morgan fingerprint density at radius 1 is 0.750 bits per heavy atom. The molecule has 0 radical (unpaired) electrons. The zero-order valence-electron chi connectivity index (χ0n) is 14.1. The molecule has 3 rings (SSSR count). The van der Waals surface area contributed by atoms with E-state index in [9.17, 15) is 0 Å². The summed E-state index contributed by atoms with van der Waals surface area (Å²) >= 11 is 0. The molecular formula is C20H36. The van der Waals surface area contributed by atoms with Gasteiger partial charge < -0.3 is 0 Å². The van der Waals surface area contributed by atoms with Crippen LogP contribution in [0.3, 0.4) is 0 Å². The molecule has 0 aromatic heterocycles. The molecule has 0 heteroatoms. The van der Waals surface area contributed by atoms with Gasteiger partial charge in [-0.15, -0.1) is 0 Å². The van der Waals surface area contributed by atoms with Crippen LogP contribution in [-0.2, 0) is 0 Å². The van der Waals surface area contributed by atoms with Crippen molar-refractivity contribution in [3.63, 3.8) is 0 Å². The van der Waals surface area contributed by atoms with E-state index in [1.165, 1.54) is 19.3 Å². The third-order valence-electron chi connectivity index (χ3n) is 7.72. The number of hydrogen-bond donors (Lipinski definition) is 0. The molecule has 0 saturated heterocycles. The molecule has 0 aromatic rings. The van der Waals surface area contributed by atoms with Crippen LogP contribution in [0.5, 0.6) is 0 Å². The summed E-state index contributed by atoms with van der Waals surface area (Å²) < 4.78 is 0. The van der Waals surface area contributed by atoms with E-state index < -0.39 is 0 Å². The summed E-state index contributed by atoms with van der Waals surface area (Å²) in [5.41, 5.74) is 0. The van der Waals surface area contributed by atoms with E-state index in [0.29, 0.717) is 0 Å². The maximum absolute atomic E-state index is 2.59. The first kappa shape index (κ1) is 14.9. The van der Waals surface area contributed by atoms with Gasteiger partial charge in [-0.3, -0.25) is 0 Å². The maximum atomic E-state index is 2.59. The molecule has 0 aromatic carbocycles. The average Bonchev–Trinajstić information content (AvgIpc) is 2.43. The van der Waals surface area contributed by atoms with E-state index in [4.69, 9.17) is 0 Å². The smallest absolute Gasteiger partial charge is 0.0360 e. The lowest BCUT2D eigenvalue weighted by atomic mass is 9.59. The molecule has 0 bridgehead atoms. The molecule has 0 spiro atoms. The second-order valence-electron chi connectivity index (χ2n) is 8.45. The fraction of sp³-hybridized carbons (Fsp3) is 1.00. The van der Waals surface area contributed by atoms with Crippen LogP contribution in [0, 0.1) is 41.4 Å². The highest BCUT2D eigenvalue weighted by atomic mass is 14.5. The highest BCUT2D eigenvalue weighted by Gasteiger charge is 2.40. The Labute approximate surface area is 127 Å². The molecule has 0 heterocycles. The Bertz CT molecular complexity index is 307. The minimum atomic E-state index is 0.998. The summed E-state index contributed by atoms with van der Waals surface area (Å²) in [6.07, 6.45) is 15.4. The van der Waals surface area contributed by atoms with Gasteiger partial charge in [-0.1, -0.05) is 40.0 Å². The third-order valence-corrected chi connectivity index (χ3v) is 7.72. The van der Waals surface area contributed by atoms with Gasteiger partial charge in [0.15, 0.2) is 0 Å². The van der Waals surface area contributed by atoms with Crippen molar-refractivity contribution in [3.8, 4) is 0 Å². The molecule has 20 heavy (non-hydrogen) atoms. The minimum absolute atomic E-state index is 0.998. The topological polar surface area (TPSA) is 0 Å². The van der Waals surface area contributed by atoms with E-state index >= 15 is 0 Å². The molecule has 3 aliphatic carbocycles. The average molecular weight is 277 g/mol. The molecule has 3 saturated carbocycles. The van der Waals surface area contributed by atoms with Gasteiger partial charge in [0.05, 0.1) is 0 Å². The monoisotopic (exact) mass is 276 g/mol. The van der Waals surface area contributed by atoms with E-state index in [1.807, 2.05) is 0 Å². The van der Waals surface area contributed by atoms with Crippen LogP contribution >= 0.6 is 0 Å². The second kappa shape index (κ2) is 6.41. The molecule has 0 amide bonds. The Morgan fingerprint density at radius 3 is 2.05 bits per heavy atom. The first-order valence-electron chi connectivity index (χ1n) is 9.72. The van der Waals surface area contributed by atoms with Crippen molar-refractivity contribution in [2.75, 3.05) is 0 Å². The first-order chi connectivity index (χ1) is 9.72. The van der Waals surface area contributed by atoms with Crippen molar-refractivity contribution in [2.24, 2.45) is 41.4 Å². The Balaban J connectivity index is 1.54. The third kappa shape index (κ3) is 2.81. The fourth-order valence-electron chi connectivity index (χ4n) is 6.19. The van der Waals surface area contributed by atoms with E-state index in [1.54, 1.807) is 44.9 Å². The molecule has 3 fully saturated rings. The van der Waals surface area contributed by atoms with Gasteiger partial charge in [-0.05, 0) is 86.4 Å². The molecule has 7 atom stereocenters. The summed E-state index contributed by atoms with van der Waals surface area (Å²) in [6.45, 7) is 7.44. The first-order valence-corrected chi connectivity index (χ1v) is 9.72. The van der Waals surface area contributed by atoms with Gasteiger partial charge in [-0.25, -0.2) is 0 Å². The van der Waals surface area contributed by atoms with Crippen molar-refractivity contribution in [1.82, 2.24) is 0 Å². The molecule has 7 unspecified atom stereocenters. The van der Waals surface area contributed by atoms with Crippen LogP contribution in [0.1, 0.15) is 85.0 Å². The van der Waals surface area contributed by atoms with Gasteiger partial charge in [0.25, 0.3) is 0 Å². The van der Waals surface area contributed by atoms with Gasteiger partial charge in [0.2, 0.25) is 0 Å². The summed E-state index contributed by atoms with van der Waals surface area (Å²) in [5.74, 6) is 7.52. The minimum Gasteiger partial charge on any atom is -0.0651 e. The largest absolute Gasteiger partial charge is 0.0651 e. The van der Waals surface area contributed by atoms with Crippen LogP contribution in [0.15, 0.2) is 0 Å². The van der Waals surface area contributed by atoms with Crippen molar-refractivity contribution < 1.29 is 0 Å². The lowest BCUT2D eigenvalue weighted by Gasteiger charge is -2.47. The predicted octanol–water partition coefficient (Wildman–Crippen LogP) is 6.30. The van der Waals surface area contributed by atoms with Gasteiger partial charge in [-0.2, -0.15) is 0 Å². The molecular weight excluding hydrogens is 240 g/mol. The normalized spacial score (nSPS) is 48.5. The molecule has 0 N–H and O–H groups in total. The summed E-state index contributed by atoms with van der Waals surface area (Å²) in [5, 5.41) is 0. The molecule has 0 aliphatic heterocycles. The molecule has 116 valence electrons. The second-order valence-corrected chi connectivity index (χ2v) is 8.45. The molecule has 0 nitrogen and oxygen atoms in total. The van der Waals surface area contributed by atoms with Gasteiger partial charge in [0, 0.05) is 0 Å². The predicted molar refractivity (Wildman–Crippen MR) is 87.6 cm³/mol. The van der Waals surface area contributed by atoms with Crippen molar-refractivity contribution in [3.05, 3.63) is 0 Å². The van der Waals surface area contributed by atoms with Gasteiger partial charge >= 0.3 is 0 Å². The van der Waals surface area contributed by atoms with E-state index in [2.05, 4.69) is 20.8 Å². The van der Waals surface area contributed by atoms with Gasteiger partial charge in [0.1, 0.15) is 0 Å². The standard InChI is InChI=1S/C20H36/c1-4-16-8-10-18(14(3)20(16)5-2)12-15-6-7-17-9-11-19(17)13-15/h14-20H,4-13H2,1-3H3. The lowest BCUT2D eigenvalue weighted by Crippen LogP contribution is -2.36. The summed E-state index contributed by atoms with van der Waals surface area (Å²) in [4.78, 5) is 0.